The SMILES string of the molecule is Cc1cc(N=Nc2c(S(=O)(=O)O)cc3cc(NC=O)ccc3c2O)c(C)cc1N=Nc1ccc(N=Nc2cc3nn(-c4cccc(S(=O)(=O)O)c4)nc3cc2S(=O)(=O)O)c(C)c1. The standard InChI is InChI=1S/C38H30N10O11S3/c1-20-11-25(8-10-29(20)41-44-34-17-32-33(18-35(34)61(54,55)56)47-48(46-32)26-5-4-6-27(16-26)60(51,52)53)40-42-30-12-22(3)31(13-21(30)2)43-45-37-36(62(57,58)59)15-23-14-24(39-19-49)7-9-28(23)38(37)50/h4-19,50H,1-3H3,(H,39,49)(H,51,52,53)(H,54,55,56)(H,57,58,59). The van der Waals surface area contributed by atoms with Crippen LogP contribution in [-0.2, 0) is 35.1 Å². The Balaban J connectivity index is 1.12. The second-order valence-electron chi connectivity index (χ2n) is 13.5. The molecule has 0 aliphatic carbocycles. The van der Waals surface area contributed by atoms with E-state index in [2.05, 4.69) is 46.2 Å². The molecule has 7 aromatic rings. The smallest absolute Gasteiger partial charge is 0.296 e. The summed E-state index contributed by atoms with van der Waals surface area (Å²) in [7, 11) is -14.3. The molecular formula is C38H30N10O11S3. The van der Waals surface area contributed by atoms with Crippen LogP contribution in [0.4, 0.5) is 39.8 Å². The van der Waals surface area contributed by atoms with Gasteiger partial charge in [-0.05, 0) is 128 Å². The average Bonchev–Trinajstić information content (AvgIpc) is 3.63. The number of aromatic nitrogens is 3. The quantitative estimate of drug-likeness (QED) is 0.0435. The Morgan fingerprint density at radius 3 is 1.84 bits per heavy atom. The molecule has 7 rings (SSSR count). The lowest BCUT2D eigenvalue weighted by Crippen LogP contribution is -2.02. The van der Waals surface area contributed by atoms with E-state index in [0.717, 1.165) is 29.1 Å². The predicted octanol–water partition coefficient (Wildman–Crippen LogP) is 8.76. The first kappa shape index (κ1) is 42.9. The molecule has 0 fully saturated rings. The van der Waals surface area contributed by atoms with Crippen molar-refractivity contribution in [1.29, 1.82) is 0 Å². The van der Waals surface area contributed by atoms with E-state index >= 15 is 0 Å². The van der Waals surface area contributed by atoms with E-state index < -0.39 is 56.5 Å². The number of aromatic hydroxyl groups is 1. The Labute approximate surface area is 351 Å². The lowest BCUT2D eigenvalue weighted by molar-refractivity contribution is -0.105. The van der Waals surface area contributed by atoms with Crippen LogP contribution in [0.2, 0.25) is 0 Å². The summed E-state index contributed by atoms with van der Waals surface area (Å²) < 4.78 is 102. The fourth-order valence-corrected chi connectivity index (χ4v) is 7.85. The van der Waals surface area contributed by atoms with Gasteiger partial charge in [-0.15, -0.1) is 20.4 Å². The van der Waals surface area contributed by atoms with E-state index in [1.54, 1.807) is 51.1 Å². The van der Waals surface area contributed by atoms with Crippen molar-refractivity contribution in [2.75, 3.05) is 5.32 Å². The van der Waals surface area contributed by atoms with Crippen LogP contribution in [0.15, 0.2) is 136 Å². The summed E-state index contributed by atoms with van der Waals surface area (Å²) in [6, 6.07) is 20.8. The van der Waals surface area contributed by atoms with Gasteiger partial charge in [-0.1, -0.05) is 6.07 Å². The van der Waals surface area contributed by atoms with Gasteiger partial charge in [-0.3, -0.25) is 18.5 Å². The first-order chi connectivity index (χ1) is 29.2. The van der Waals surface area contributed by atoms with Gasteiger partial charge in [-0.25, -0.2) is 0 Å². The summed E-state index contributed by atoms with van der Waals surface area (Å²) in [5.74, 6) is -0.559. The van der Waals surface area contributed by atoms with Gasteiger partial charge in [0.15, 0.2) is 5.75 Å². The number of aryl methyl sites for hydroxylation is 3. The third-order valence-corrected chi connectivity index (χ3v) is 11.7. The molecule has 0 atom stereocenters. The Kier molecular flexibility index (Phi) is 11.3. The monoisotopic (exact) mass is 898 g/mol. The number of carbonyl (C=O) groups excluding carboxylic acids is 1. The van der Waals surface area contributed by atoms with Crippen molar-refractivity contribution in [3.05, 3.63) is 108 Å². The van der Waals surface area contributed by atoms with Crippen molar-refractivity contribution in [3.63, 3.8) is 0 Å². The molecule has 5 N–H and O–H groups in total. The van der Waals surface area contributed by atoms with Crippen LogP contribution in [0.3, 0.4) is 0 Å². The van der Waals surface area contributed by atoms with Gasteiger partial charge in [0.1, 0.15) is 32.2 Å². The van der Waals surface area contributed by atoms with Gasteiger partial charge in [0.25, 0.3) is 30.4 Å². The average molecular weight is 899 g/mol. The summed E-state index contributed by atoms with van der Waals surface area (Å²) in [5.41, 5.74) is 3.02. The maximum atomic E-state index is 12.3. The minimum atomic E-state index is -4.88. The van der Waals surface area contributed by atoms with Crippen LogP contribution in [0.25, 0.3) is 27.5 Å². The van der Waals surface area contributed by atoms with Gasteiger partial charge >= 0.3 is 0 Å². The van der Waals surface area contributed by atoms with Crippen molar-refractivity contribution in [2.24, 2.45) is 30.7 Å². The van der Waals surface area contributed by atoms with Gasteiger partial charge in [0.2, 0.25) is 6.41 Å². The molecule has 1 heterocycles. The summed E-state index contributed by atoms with van der Waals surface area (Å²) in [6.45, 7) is 5.12. The van der Waals surface area contributed by atoms with E-state index in [4.69, 9.17) is 0 Å². The Morgan fingerprint density at radius 1 is 0.597 bits per heavy atom. The molecule has 24 heteroatoms. The fourth-order valence-electron chi connectivity index (χ4n) is 6.04. The highest BCUT2D eigenvalue weighted by Crippen LogP contribution is 2.43. The predicted molar refractivity (Wildman–Crippen MR) is 223 cm³/mol. The molecule has 0 aliphatic heterocycles. The van der Waals surface area contributed by atoms with Gasteiger partial charge in [0.05, 0.1) is 33.3 Å². The number of hydrogen-bond donors (Lipinski definition) is 5. The first-order valence-corrected chi connectivity index (χ1v) is 21.9. The van der Waals surface area contributed by atoms with Gasteiger partial charge in [-0.2, -0.15) is 50.5 Å². The number of hydrogen-bond acceptors (Lipinski definition) is 16. The topological polar surface area (TPSA) is 317 Å². The van der Waals surface area contributed by atoms with Crippen molar-refractivity contribution in [1.82, 2.24) is 15.0 Å². The summed E-state index contributed by atoms with van der Waals surface area (Å²) >= 11 is 0. The van der Waals surface area contributed by atoms with Gasteiger partial charge < -0.3 is 10.4 Å². The van der Waals surface area contributed by atoms with Crippen LogP contribution < -0.4 is 5.32 Å². The highest BCUT2D eigenvalue weighted by atomic mass is 32.2. The molecule has 0 saturated carbocycles. The number of amides is 1. The summed E-state index contributed by atoms with van der Waals surface area (Å²) in [6.07, 6.45) is 0.430. The number of anilines is 1. The van der Waals surface area contributed by atoms with Crippen LogP contribution in [0.5, 0.6) is 5.75 Å². The number of carbonyl (C=O) groups is 1. The number of rotatable bonds is 12. The van der Waals surface area contributed by atoms with E-state index in [-0.39, 0.29) is 33.2 Å². The van der Waals surface area contributed by atoms with E-state index in [0.29, 0.717) is 51.5 Å². The zero-order chi connectivity index (χ0) is 44.7. The first-order valence-electron chi connectivity index (χ1n) is 17.6. The number of nitrogens with zero attached hydrogens (tertiary/aromatic N) is 9. The van der Waals surface area contributed by atoms with Crippen LogP contribution >= 0.6 is 0 Å². The Bertz CT molecular complexity index is 3450. The van der Waals surface area contributed by atoms with E-state index in [1.807, 2.05) is 0 Å². The van der Waals surface area contributed by atoms with Crippen molar-refractivity contribution in [2.45, 2.75) is 35.5 Å². The van der Waals surface area contributed by atoms with Crippen LogP contribution in [0.1, 0.15) is 16.7 Å². The number of phenolic OH excluding ortho intramolecular Hbond substituents is 1. The van der Waals surface area contributed by atoms with Crippen LogP contribution in [-0.4, -0.2) is 65.4 Å². The minimum absolute atomic E-state index is 0.0190. The van der Waals surface area contributed by atoms with E-state index in [9.17, 15) is 48.8 Å². The second kappa shape index (κ2) is 16.3. The lowest BCUT2D eigenvalue weighted by Gasteiger charge is -2.10. The number of phenols is 1. The Hall–Kier alpha value is -7.22. The van der Waals surface area contributed by atoms with Crippen LogP contribution in [0, 0.1) is 20.8 Å². The summed E-state index contributed by atoms with van der Waals surface area (Å²) in [4.78, 5) is 10.1. The molecule has 62 heavy (non-hydrogen) atoms. The number of nitrogens with one attached hydrogen (secondary N) is 1. The highest BCUT2D eigenvalue weighted by Gasteiger charge is 2.23. The molecule has 0 aliphatic rings. The molecule has 0 saturated heterocycles. The molecule has 1 aromatic heterocycles. The maximum Gasteiger partial charge on any atom is 0.296 e. The molecule has 316 valence electrons. The molecule has 1 amide bonds. The maximum absolute atomic E-state index is 12.3. The molecule has 6 aromatic carbocycles. The molecule has 0 spiro atoms. The molecule has 0 bridgehead atoms. The highest BCUT2D eigenvalue weighted by molar-refractivity contribution is 7.86. The molecular weight excluding hydrogens is 869 g/mol. The normalized spacial score (nSPS) is 12.7. The number of fused-ring (bicyclic) bond motifs is 2. The van der Waals surface area contributed by atoms with E-state index in [1.165, 1.54) is 36.4 Å². The van der Waals surface area contributed by atoms with Gasteiger partial charge in [0, 0.05) is 11.1 Å². The number of benzene rings is 6. The fraction of sp³-hybridized carbons (Fsp3) is 0.0789. The zero-order valence-corrected chi connectivity index (χ0v) is 34.6. The van der Waals surface area contributed by atoms with Crippen molar-refractivity contribution >= 4 is 98.4 Å². The molecule has 21 nitrogen and oxygen atoms in total. The van der Waals surface area contributed by atoms with Crippen molar-refractivity contribution < 1.29 is 48.8 Å². The Morgan fingerprint density at radius 2 is 1.21 bits per heavy atom. The largest absolute Gasteiger partial charge is 0.505 e. The minimum Gasteiger partial charge on any atom is -0.505 e. The second-order valence-corrected chi connectivity index (χ2v) is 17.7. The third kappa shape index (κ3) is 9.09. The third-order valence-electron chi connectivity index (χ3n) is 9.13. The molecule has 0 unspecified atom stereocenters. The van der Waals surface area contributed by atoms with Crippen molar-refractivity contribution in [3.8, 4) is 11.4 Å². The number of azo groups is 3. The zero-order valence-electron chi connectivity index (χ0n) is 32.1. The molecule has 0 radical (unpaired) electrons. The lowest BCUT2D eigenvalue weighted by atomic mass is 10.1. The summed E-state index contributed by atoms with van der Waals surface area (Å²) in [5, 5.41) is 47.3.